The van der Waals surface area contributed by atoms with Crippen molar-refractivity contribution in [1.29, 1.82) is 0 Å². The van der Waals surface area contributed by atoms with Gasteiger partial charge in [-0.3, -0.25) is 15.1 Å². The highest BCUT2D eigenvalue weighted by Crippen LogP contribution is 2.06. The summed E-state index contributed by atoms with van der Waals surface area (Å²) in [7, 11) is 0. The fraction of sp³-hybridized carbons (Fsp3) is 0.421. The minimum absolute atomic E-state index is 0.0135. The molecule has 0 aliphatic heterocycles. The van der Waals surface area contributed by atoms with Crippen LogP contribution in [-0.4, -0.2) is 36.4 Å². The molecule has 146 valence electrons. The zero-order valence-electron chi connectivity index (χ0n) is 15.6. The Kier molecular flexibility index (Phi) is 10.1. The van der Waals surface area contributed by atoms with Crippen LogP contribution in [0.5, 0.6) is 0 Å². The van der Waals surface area contributed by atoms with Crippen molar-refractivity contribution in [1.82, 2.24) is 10.6 Å². The maximum Gasteiger partial charge on any atom is 0.414 e. The van der Waals surface area contributed by atoms with Gasteiger partial charge < -0.3 is 15.8 Å². The van der Waals surface area contributed by atoms with E-state index in [4.69, 9.17) is 10.5 Å². The number of benzene rings is 1. The summed E-state index contributed by atoms with van der Waals surface area (Å²) in [6.07, 6.45) is 1.27. The number of nitrogens with zero attached hydrogens (tertiary/aromatic N) is 1. The summed E-state index contributed by atoms with van der Waals surface area (Å²) in [6.45, 7) is 4.04. The minimum atomic E-state index is -0.732. The molecule has 8 nitrogen and oxygen atoms in total. The molecule has 0 aliphatic rings. The molecule has 0 spiro atoms. The van der Waals surface area contributed by atoms with Crippen LogP contribution in [0.4, 0.5) is 4.79 Å². The first-order chi connectivity index (χ1) is 13.0. The van der Waals surface area contributed by atoms with Gasteiger partial charge in [-0.05, 0) is 18.4 Å². The first-order valence-electron chi connectivity index (χ1n) is 8.75. The summed E-state index contributed by atoms with van der Waals surface area (Å²) < 4.78 is 5.09. The minimum Gasteiger partial charge on any atom is -0.444 e. The lowest BCUT2D eigenvalue weighted by molar-refractivity contribution is -0.123. The Hall–Kier alpha value is -2.96. The van der Waals surface area contributed by atoms with Crippen molar-refractivity contribution in [2.45, 2.75) is 39.3 Å². The molecule has 8 heteroatoms. The summed E-state index contributed by atoms with van der Waals surface area (Å²) >= 11 is 0. The third-order valence-corrected chi connectivity index (χ3v) is 3.87. The number of ketones is 1. The van der Waals surface area contributed by atoms with Gasteiger partial charge in [0, 0.05) is 12.5 Å². The standard InChI is InChI=1S/C19H26N4O4/c1-3-14(2)17(25)16(20)9-10-21-18(22-11-12-24)23-19(26)27-13-15-7-5-4-6-8-15/h4-8,11,14,16H,3,9-10,13,20H2,1-2H3,(H2,21,22,23,26). The molecule has 1 aromatic carbocycles. The van der Waals surface area contributed by atoms with E-state index < -0.39 is 12.1 Å². The van der Waals surface area contributed by atoms with Crippen LogP contribution in [0.2, 0.25) is 0 Å². The number of amides is 1. The number of hydrogen-bond acceptors (Lipinski definition) is 6. The van der Waals surface area contributed by atoms with Crippen LogP contribution in [0.15, 0.2) is 41.5 Å². The molecule has 0 bridgehead atoms. The van der Waals surface area contributed by atoms with Crippen molar-refractivity contribution < 1.29 is 19.1 Å². The van der Waals surface area contributed by atoms with Crippen LogP contribution in [0, 0.1) is 5.92 Å². The lowest BCUT2D eigenvalue weighted by Crippen LogP contribution is -2.40. The summed E-state index contributed by atoms with van der Waals surface area (Å²) in [5.74, 6) is 1.42. The van der Waals surface area contributed by atoms with Gasteiger partial charge in [0.25, 0.3) is 0 Å². The summed E-state index contributed by atoms with van der Waals surface area (Å²) in [6, 6.07) is 8.56. The highest BCUT2D eigenvalue weighted by molar-refractivity contribution is 5.94. The number of ether oxygens (including phenoxy) is 1. The Bertz CT molecular complexity index is 684. The second-order valence-electron chi connectivity index (χ2n) is 5.93. The van der Waals surface area contributed by atoms with Crippen molar-refractivity contribution in [3.8, 4) is 0 Å². The zero-order chi connectivity index (χ0) is 20.1. The van der Waals surface area contributed by atoms with Crippen LogP contribution in [0.3, 0.4) is 0 Å². The molecule has 1 rings (SSSR count). The number of nitrogens with two attached hydrogens (primary N) is 1. The van der Waals surface area contributed by atoms with Gasteiger partial charge in [0.2, 0.25) is 5.96 Å². The van der Waals surface area contributed by atoms with E-state index in [9.17, 15) is 14.4 Å². The fourth-order valence-electron chi connectivity index (χ4n) is 2.10. The first kappa shape index (κ1) is 22.1. The van der Waals surface area contributed by atoms with E-state index in [1.165, 1.54) is 5.94 Å². The molecule has 2 atom stereocenters. The molecule has 0 aliphatic carbocycles. The summed E-state index contributed by atoms with van der Waals surface area (Å²) in [5.41, 5.74) is 6.71. The number of Topliss-reactive ketones (excluding diaryl/α,β-unsaturated/α-hetero) is 1. The summed E-state index contributed by atoms with van der Waals surface area (Å²) in [5, 5.41) is 4.90. The lowest BCUT2D eigenvalue weighted by Gasteiger charge is -2.14. The molecule has 27 heavy (non-hydrogen) atoms. The fourth-order valence-corrected chi connectivity index (χ4v) is 2.10. The molecule has 1 amide bonds. The van der Waals surface area contributed by atoms with Crippen molar-refractivity contribution in [2.24, 2.45) is 16.6 Å². The molecule has 0 heterocycles. The molecule has 2 unspecified atom stereocenters. The predicted molar refractivity (Wildman–Crippen MR) is 103 cm³/mol. The van der Waals surface area contributed by atoms with Crippen molar-refractivity contribution in [2.75, 3.05) is 6.54 Å². The van der Waals surface area contributed by atoms with Gasteiger partial charge in [-0.2, -0.15) is 0 Å². The molecule has 0 saturated heterocycles. The van der Waals surface area contributed by atoms with Crippen LogP contribution >= 0.6 is 0 Å². The Morgan fingerprint density at radius 1 is 1.33 bits per heavy atom. The van der Waals surface area contributed by atoms with Crippen LogP contribution in [-0.2, 0) is 20.9 Å². The molecule has 0 fully saturated rings. The van der Waals surface area contributed by atoms with E-state index in [0.29, 0.717) is 6.42 Å². The van der Waals surface area contributed by atoms with Gasteiger partial charge in [0.15, 0.2) is 5.78 Å². The van der Waals surface area contributed by atoms with Gasteiger partial charge in [-0.15, -0.1) is 0 Å². The largest absolute Gasteiger partial charge is 0.444 e. The second-order valence-corrected chi connectivity index (χ2v) is 5.93. The Morgan fingerprint density at radius 2 is 2.04 bits per heavy atom. The van der Waals surface area contributed by atoms with Gasteiger partial charge in [-0.25, -0.2) is 9.59 Å². The van der Waals surface area contributed by atoms with Gasteiger partial charge in [0.1, 0.15) is 12.5 Å². The van der Waals surface area contributed by atoms with E-state index in [-0.39, 0.29) is 30.8 Å². The van der Waals surface area contributed by atoms with Crippen LogP contribution in [0.1, 0.15) is 32.3 Å². The smallest absolute Gasteiger partial charge is 0.414 e. The molecule has 4 N–H and O–H groups in total. The maximum absolute atomic E-state index is 12.0. The summed E-state index contributed by atoms with van der Waals surface area (Å²) in [4.78, 5) is 38.4. The molecule has 0 saturated carbocycles. The molecule has 1 aromatic rings. The topological polar surface area (TPSA) is 123 Å². The number of aliphatic imine (C=N–C) groups is 1. The number of rotatable bonds is 9. The second kappa shape index (κ2) is 12.4. The van der Waals surface area contributed by atoms with E-state index in [2.05, 4.69) is 15.6 Å². The number of nitrogens with one attached hydrogen (secondary N) is 2. The molecule has 0 radical (unpaired) electrons. The molecular formula is C19H26N4O4. The van der Waals surface area contributed by atoms with E-state index in [0.717, 1.165) is 18.2 Å². The Balaban J connectivity index is 2.55. The monoisotopic (exact) mass is 374 g/mol. The average molecular weight is 374 g/mol. The number of carbonyl (C=O) groups excluding carboxylic acids is 3. The predicted octanol–water partition coefficient (Wildman–Crippen LogP) is 1.54. The third kappa shape index (κ3) is 8.80. The van der Waals surface area contributed by atoms with Gasteiger partial charge in [-0.1, -0.05) is 44.2 Å². The lowest BCUT2D eigenvalue weighted by atomic mass is 9.96. The van der Waals surface area contributed by atoms with E-state index in [1.807, 2.05) is 44.2 Å². The van der Waals surface area contributed by atoms with Crippen molar-refractivity contribution in [3.63, 3.8) is 0 Å². The SMILES string of the molecule is CCC(C)C(=O)C(N)CCN=C(NC=C=O)NC(=O)OCc1ccccc1. The average Bonchev–Trinajstić information content (AvgIpc) is 2.69. The van der Waals surface area contributed by atoms with Gasteiger partial charge >= 0.3 is 6.09 Å². The Morgan fingerprint density at radius 3 is 2.67 bits per heavy atom. The highest BCUT2D eigenvalue weighted by Gasteiger charge is 2.18. The highest BCUT2D eigenvalue weighted by atomic mass is 16.5. The maximum atomic E-state index is 12.0. The molecule has 0 aromatic heterocycles. The van der Waals surface area contributed by atoms with E-state index in [1.54, 1.807) is 0 Å². The van der Waals surface area contributed by atoms with Crippen molar-refractivity contribution >= 4 is 23.8 Å². The van der Waals surface area contributed by atoms with E-state index >= 15 is 0 Å². The quantitative estimate of drug-likeness (QED) is 0.342. The number of carbonyl (C=O) groups is 2. The van der Waals surface area contributed by atoms with Crippen molar-refractivity contribution in [3.05, 3.63) is 42.1 Å². The normalized spacial score (nSPS) is 13.1. The first-order valence-corrected chi connectivity index (χ1v) is 8.75. The zero-order valence-corrected chi connectivity index (χ0v) is 15.6. The Labute approximate surface area is 158 Å². The van der Waals surface area contributed by atoms with Crippen LogP contribution < -0.4 is 16.4 Å². The third-order valence-electron chi connectivity index (χ3n) is 3.87. The number of guanidine groups is 1. The number of hydrogen-bond donors (Lipinski definition) is 3. The number of alkyl carbamates (subject to hydrolysis) is 1. The molecular weight excluding hydrogens is 348 g/mol. The van der Waals surface area contributed by atoms with Gasteiger partial charge in [0.05, 0.1) is 12.2 Å². The van der Waals surface area contributed by atoms with Crippen LogP contribution in [0.25, 0.3) is 0 Å².